The van der Waals surface area contributed by atoms with Gasteiger partial charge in [-0.05, 0) is 43.9 Å². The molecule has 0 unspecified atom stereocenters. The van der Waals surface area contributed by atoms with Crippen LogP contribution in [0.4, 0.5) is 0 Å². The minimum absolute atomic E-state index is 0.153. The molecule has 0 bridgehead atoms. The average Bonchev–Trinajstić information content (AvgIpc) is 3.31. The van der Waals surface area contributed by atoms with Crippen LogP contribution in [-0.4, -0.2) is 29.9 Å². The van der Waals surface area contributed by atoms with E-state index in [1.54, 1.807) is 0 Å². The molecule has 1 aliphatic rings. The first kappa shape index (κ1) is 15.6. The number of nitrogens with zero attached hydrogens (tertiary/aromatic N) is 1. The summed E-state index contributed by atoms with van der Waals surface area (Å²) in [6.45, 7) is 5.34. The van der Waals surface area contributed by atoms with Crippen LogP contribution in [0, 0.1) is 18.8 Å². The predicted octanol–water partition coefficient (Wildman–Crippen LogP) is 2.71. The molecule has 1 aromatic carbocycles. The summed E-state index contributed by atoms with van der Waals surface area (Å²) < 4.78 is 0. The van der Waals surface area contributed by atoms with E-state index in [1.165, 1.54) is 0 Å². The number of aryl methyl sites for hydroxylation is 1. The van der Waals surface area contributed by atoms with E-state index < -0.39 is 0 Å². The van der Waals surface area contributed by atoms with E-state index in [4.69, 9.17) is 5.73 Å². The van der Waals surface area contributed by atoms with Crippen molar-refractivity contribution in [3.05, 3.63) is 34.9 Å². The van der Waals surface area contributed by atoms with Gasteiger partial charge in [-0.15, -0.1) is 0 Å². The van der Waals surface area contributed by atoms with Crippen molar-refractivity contribution >= 4 is 5.91 Å². The summed E-state index contributed by atoms with van der Waals surface area (Å²) in [6.07, 6.45) is 4.45. The number of unbranched alkanes of at least 4 members (excludes halogenated alkanes) is 1. The molecule has 1 amide bonds. The largest absolute Gasteiger partial charge is 0.336 e. The van der Waals surface area contributed by atoms with Crippen LogP contribution in [0.1, 0.15) is 54.1 Å². The van der Waals surface area contributed by atoms with Crippen molar-refractivity contribution in [3.63, 3.8) is 0 Å². The third kappa shape index (κ3) is 4.09. The lowest BCUT2D eigenvalue weighted by atomic mass is 10.0. The Kier molecular flexibility index (Phi) is 5.41. The second kappa shape index (κ2) is 7.28. The number of hydrogen-bond acceptors (Lipinski definition) is 2. The zero-order valence-corrected chi connectivity index (χ0v) is 13.0. The number of amides is 1. The second-order valence-electron chi connectivity index (χ2n) is 5.62. The quantitative estimate of drug-likeness (QED) is 0.845. The molecule has 0 saturated heterocycles. The van der Waals surface area contributed by atoms with Crippen molar-refractivity contribution in [3.8, 4) is 11.8 Å². The number of carbonyl (C=O) groups is 1. The van der Waals surface area contributed by atoms with Gasteiger partial charge in [0.15, 0.2) is 0 Å². The summed E-state index contributed by atoms with van der Waals surface area (Å²) in [5.41, 5.74) is 8.06. The lowest BCUT2D eigenvalue weighted by molar-refractivity contribution is 0.0740. The summed E-state index contributed by atoms with van der Waals surface area (Å²) >= 11 is 0. The highest BCUT2D eigenvalue weighted by Crippen LogP contribution is 2.29. The van der Waals surface area contributed by atoms with Gasteiger partial charge in [-0.25, -0.2) is 0 Å². The maximum Gasteiger partial charge on any atom is 0.254 e. The molecular formula is C18H24N2O. The lowest BCUT2D eigenvalue weighted by Crippen LogP contribution is -2.34. The van der Waals surface area contributed by atoms with Gasteiger partial charge in [0.1, 0.15) is 0 Å². The summed E-state index contributed by atoms with van der Waals surface area (Å²) in [7, 11) is 0. The molecule has 1 aliphatic carbocycles. The van der Waals surface area contributed by atoms with Gasteiger partial charge in [-0.3, -0.25) is 4.79 Å². The van der Waals surface area contributed by atoms with E-state index in [0.29, 0.717) is 12.6 Å². The third-order valence-electron chi connectivity index (χ3n) is 3.80. The normalized spacial score (nSPS) is 13.5. The Morgan fingerprint density at radius 1 is 1.43 bits per heavy atom. The van der Waals surface area contributed by atoms with Gasteiger partial charge in [0.25, 0.3) is 5.91 Å². The molecule has 21 heavy (non-hydrogen) atoms. The Hall–Kier alpha value is -1.79. The van der Waals surface area contributed by atoms with E-state index in [-0.39, 0.29) is 5.91 Å². The number of rotatable bonds is 5. The first-order valence-corrected chi connectivity index (χ1v) is 7.78. The fraction of sp³-hybridized carbons (Fsp3) is 0.500. The van der Waals surface area contributed by atoms with Gasteiger partial charge in [0, 0.05) is 23.7 Å². The fourth-order valence-corrected chi connectivity index (χ4v) is 2.40. The molecule has 112 valence electrons. The standard InChI is InChI=1S/C18H24N2O/c1-3-4-12-20(16-9-10-16)18(21)17-13-15(6-5-11-19)8-7-14(17)2/h7-8,13,16H,3-4,9-12,19H2,1-2H3. The molecule has 3 heteroatoms. The molecule has 0 radical (unpaired) electrons. The fourth-order valence-electron chi connectivity index (χ4n) is 2.40. The average molecular weight is 284 g/mol. The van der Waals surface area contributed by atoms with Crippen molar-refractivity contribution < 1.29 is 4.79 Å². The van der Waals surface area contributed by atoms with Gasteiger partial charge in [0.05, 0.1) is 6.54 Å². The van der Waals surface area contributed by atoms with Crippen molar-refractivity contribution in [2.24, 2.45) is 5.73 Å². The molecule has 2 rings (SSSR count). The van der Waals surface area contributed by atoms with E-state index in [0.717, 1.165) is 48.9 Å². The first-order chi connectivity index (χ1) is 10.2. The van der Waals surface area contributed by atoms with Crippen LogP contribution >= 0.6 is 0 Å². The van der Waals surface area contributed by atoms with Crippen LogP contribution in [0.25, 0.3) is 0 Å². The number of hydrogen-bond donors (Lipinski definition) is 1. The maximum absolute atomic E-state index is 12.8. The van der Waals surface area contributed by atoms with Crippen molar-refractivity contribution in [1.82, 2.24) is 4.90 Å². The summed E-state index contributed by atoms with van der Waals surface area (Å²) in [6, 6.07) is 6.27. The monoisotopic (exact) mass is 284 g/mol. The smallest absolute Gasteiger partial charge is 0.254 e. The lowest BCUT2D eigenvalue weighted by Gasteiger charge is -2.23. The Bertz CT molecular complexity index is 564. The molecule has 1 saturated carbocycles. The molecule has 0 heterocycles. The predicted molar refractivity (Wildman–Crippen MR) is 86.1 cm³/mol. The molecular weight excluding hydrogens is 260 g/mol. The van der Waals surface area contributed by atoms with Gasteiger partial charge in [0.2, 0.25) is 0 Å². The number of benzene rings is 1. The summed E-state index contributed by atoms with van der Waals surface area (Å²) in [5.74, 6) is 6.00. The van der Waals surface area contributed by atoms with Crippen LogP contribution < -0.4 is 5.73 Å². The Morgan fingerprint density at radius 3 is 2.81 bits per heavy atom. The minimum atomic E-state index is 0.153. The zero-order chi connectivity index (χ0) is 15.2. The molecule has 3 nitrogen and oxygen atoms in total. The van der Waals surface area contributed by atoms with Crippen LogP contribution in [0.15, 0.2) is 18.2 Å². The Balaban J connectivity index is 2.23. The van der Waals surface area contributed by atoms with Gasteiger partial charge < -0.3 is 10.6 Å². The van der Waals surface area contributed by atoms with Gasteiger partial charge >= 0.3 is 0 Å². The van der Waals surface area contributed by atoms with Crippen molar-refractivity contribution in [2.75, 3.05) is 13.1 Å². The highest BCUT2D eigenvalue weighted by Gasteiger charge is 2.33. The molecule has 1 aromatic rings. The number of carbonyl (C=O) groups excluding carboxylic acids is 1. The summed E-state index contributed by atoms with van der Waals surface area (Å²) in [4.78, 5) is 14.9. The second-order valence-corrected chi connectivity index (χ2v) is 5.62. The SMILES string of the molecule is CCCCN(C(=O)c1cc(C#CCN)ccc1C)C1CC1. The van der Waals surface area contributed by atoms with Crippen LogP contribution in [-0.2, 0) is 0 Å². The highest BCUT2D eigenvalue weighted by molar-refractivity contribution is 5.96. The molecule has 0 spiro atoms. The van der Waals surface area contributed by atoms with Crippen molar-refractivity contribution in [2.45, 2.75) is 45.6 Å². The molecule has 2 N–H and O–H groups in total. The summed E-state index contributed by atoms with van der Waals surface area (Å²) in [5, 5.41) is 0. The third-order valence-corrected chi connectivity index (χ3v) is 3.80. The van der Waals surface area contributed by atoms with Crippen LogP contribution in [0.5, 0.6) is 0 Å². The maximum atomic E-state index is 12.8. The Morgan fingerprint density at radius 2 is 2.19 bits per heavy atom. The van der Waals surface area contributed by atoms with E-state index >= 15 is 0 Å². The molecule has 1 fully saturated rings. The van der Waals surface area contributed by atoms with Crippen molar-refractivity contribution in [1.29, 1.82) is 0 Å². The van der Waals surface area contributed by atoms with Crippen LogP contribution in [0.3, 0.4) is 0 Å². The van der Waals surface area contributed by atoms with Gasteiger partial charge in [-0.2, -0.15) is 0 Å². The first-order valence-electron chi connectivity index (χ1n) is 7.78. The van der Waals surface area contributed by atoms with Crippen LogP contribution in [0.2, 0.25) is 0 Å². The van der Waals surface area contributed by atoms with Gasteiger partial charge in [-0.1, -0.05) is 31.3 Å². The van der Waals surface area contributed by atoms with E-state index in [9.17, 15) is 4.79 Å². The van der Waals surface area contributed by atoms with E-state index in [2.05, 4.69) is 18.8 Å². The highest BCUT2D eigenvalue weighted by atomic mass is 16.2. The molecule has 0 atom stereocenters. The molecule has 0 aromatic heterocycles. The number of nitrogens with two attached hydrogens (primary N) is 1. The topological polar surface area (TPSA) is 46.3 Å². The Labute approximate surface area is 127 Å². The zero-order valence-electron chi connectivity index (χ0n) is 13.0. The molecule has 0 aliphatic heterocycles. The minimum Gasteiger partial charge on any atom is -0.336 e. The van der Waals surface area contributed by atoms with E-state index in [1.807, 2.05) is 30.0 Å².